The molecule has 0 spiro atoms. The summed E-state index contributed by atoms with van der Waals surface area (Å²) < 4.78 is 5.19. The van der Waals surface area contributed by atoms with Crippen LogP contribution in [0.4, 0.5) is 0 Å². The van der Waals surface area contributed by atoms with Crippen LogP contribution in [-0.4, -0.2) is 36.5 Å². The Morgan fingerprint density at radius 1 is 1.61 bits per heavy atom. The van der Waals surface area contributed by atoms with Gasteiger partial charge in [-0.2, -0.15) is 0 Å². The van der Waals surface area contributed by atoms with Gasteiger partial charge in [0.2, 0.25) is 0 Å². The first kappa shape index (κ1) is 13.1. The van der Waals surface area contributed by atoms with E-state index in [-0.39, 0.29) is 5.91 Å². The van der Waals surface area contributed by atoms with Crippen molar-refractivity contribution in [1.82, 2.24) is 10.2 Å². The van der Waals surface area contributed by atoms with E-state index in [1.807, 2.05) is 4.90 Å². The number of hydrogen-bond donors (Lipinski definition) is 1. The molecule has 0 radical (unpaired) electrons. The largest absolute Gasteiger partial charge is 0.459 e. The lowest BCUT2D eigenvalue weighted by atomic mass is 10.0. The second-order valence-electron chi connectivity index (χ2n) is 5.36. The zero-order valence-corrected chi connectivity index (χ0v) is 11.2. The molecule has 100 valence electrons. The smallest absolute Gasteiger partial charge is 0.289 e. The van der Waals surface area contributed by atoms with E-state index >= 15 is 0 Å². The Balaban J connectivity index is 2.00. The van der Waals surface area contributed by atoms with Crippen LogP contribution in [0.1, 0.15) is 37.2 Å². The maximum atomic E-state index is 12.2. The highest BCUT2D eigenvalue weighted by Crippen LogP contribution is 2.13. The average molecular weight is 250 g/mol. The Kier molecular flexibility index (Phi) is 4.42. The van der Waals surface area contributed by atoms with Gasteiger partial charge < -0.3 is 14.6 Å². The van der Waals surface area contributed by atoms with Crippen molar-refractivity contribution in [2.24, 2.45) is 5.92 Å². The lowest BCUT2D eigenvalue weighted by molar-refractivity contribution is 0.0717. The minimum absolute atomic E-state index is 0.0115. The Bertz CT molecular complexity index is 373. The zero-order valence-electron chi connectivity index (χ0n) is 11.2. The summed E-state index contributed by atoms with van der Waals surface area (Å²) >= 11 is 0. The molecule has 4 nitrogen and oxygen atoms in total. The number of furan rings is 1. The van der Waals surface area contributed by atoms with Crippen molar-refractivity contribution < 1.29 is 9.21 Å². The lowest BCUT2D eigenvalue weighted by Gasteiger charge is -2.24. The van der Waals surface area contributed by atoms with Gasteiger partial charge >= 0.3 is 0 Å². The van der Waals surface area contributed by atoms with Crippen LogP contribution in [0.15, 0.2) is 22.8 Å². The number of nitrogens with one attached hydrogen (secondary N) is 1. The number of carbonyl (C=O) groups is 1. The first-order valence-electron chi connectivity index (χ1n) is 6.73. The van der Waals surface area contributed by atoms with Gasteiger partial charge in [-0.25, -0.2) is 0 Å². The topological polar surface area (TPSA) is 45.5 Å². The quantitative estimate of drug-likeness (QED) is 0.894. The summed E-state index contributed by atoms with van der Waals surface area (Å²) in [7, 11) is 0. The summed E-state index contributed by atoms with van der Waals surface area (Å²) in [5.74, 6) is 1.10. The zero-order chi connectivity index (χ0) is 13.0. The normalized spacial score (nSPS) is 21.1. The van der Waals surface area contributed by atoms with Gasteiger partial charge in [0.1, 0.15) is 0 Å². The standard InChI is InChI=1S/C14H22N2O2/c1-11(2)9-12-10-16(7-4-6-15-12)14(17)13-5-3-8-18-13/h3,5,8,11-12,15H,4,6-7,9-10H2,1-2H3. The molecule has 0 aliphatic carbocycles. The predicted molar refractivity (Wildman–Crippen MR) is 70.5 cm³/mol. The Morgan fingerprint density at radius 2 is 2.44 bits per heavy atom. The van der Waals surface area contributed by atoms with E-state index in [0.29, 0.717) is 17.7 Å². The summed E-state index contributed by atoms with van der Waals surface area (Å²) in [4.78, 5) is 14.2. The molecule has 18 heavy (non-hydrogen) atoms. The summed E-state index contributed by atoms with van der Waals surface area (Å²) in [6, 6.07) is 3.89. The first-order chi connectivity index (χ1) is 8.66. The van der Waals surface area contributed by atoms with Crippen LogP contribution < -0.4 is 5.32 Å². The maximum Gasteiger partial charge on any atom is 0.289 e. The van der Waals surface area contributed by atoms with E-state index < -0.39 is 0 Å². The summed E-state index contributed by atoms with van der Waals surface area (Å²) in [6.45, 7) is 6.99. The highest BCUT2D eigenvalue weighted by atomic mass is 16.3. The molecule has 2 rings (SSSR count). The van der Waals surface area contributed by atoms with Gasteiger partial charge in [-0.1, -0.05) is 13.8 Å². The fourth-order valence-corrected chi connectivity index (χ4v) is 2.47. The van der Waals surface area contributed by atoms with E-state index in [1.54, 1.807) is 18.4 Å². The monoisotopic (exact) mass is 250 g/mol. The molecule has 2 heterocycles. The fourth-order valence-electron chi connectivity index (χ4n) is 2.47. The molecule has 0 saturated carbocycles. The number of rotatable bonds is 3. The van der Waals surface area contributed by atoms with Crippen molar-refractivity contribution in [3.63, 3.8) is 0 Å². The first-order valence-corrected chi connectivity index (χ1v) is 6.73. The molecular weight excluding hydrogens is 228 g/mol. The van der Waals surface area contributed by atoms with Gasteiger partial charge in [0.25, 0.3) is 5.91 Å². The van der Waals surface area contributed by atoms with Crippen molar-refractivity contribution in [2.45, 2.75) is 32.7 Å². The Labute approximate surface area is 108 Å². The van der Waals surface area contributed by atoms with Gasteiger partial charge in [0.05, 0.1) is 6.26 Å². The Hall–Kier alpha value is -1.29. The van der Waals surface area contributed by atoms with E-state index in [9.17, 15) is 4.79 Å². The summed E-state index contributed by atoms with van der Waals surface area (Å²) in [5.41, 5.74) is 0. The molecule has 1 aromatic heterocycles. The third-order valence-corrected chi connectivity index (χ3v) is 3.25. The van der Waals surface area contributed by atoms with E-state index in [4.69, 9.17) is 4.42 Å². The van der Waals surface area contributed by atoms with Gasteiger partial charge in [-0.15, -0.1) is 0 Å². The number of nitrogens with zero attached hydrogens (tertiary/aromatic N) is 1. The molecular formula is C14H22N2O2. The number of carbonyl (C=O) groups excluding carboxylic acids is 1. The van der Waals surface area contributed by atoms with Crippen LogP contribution in [0.25, 0.3) is 0 Å². The van der Waals surface area contributed by atoms with Crippen LogP contribution in [0.2, 0.25) is 0 Å². The molecule has 4 heteroatoms. The van der Waals surface area contributed by atoms with Crippen LogP contribution in [0, 0.1) is 5.92 Å². The van der Waals surface area contributed by atoms with Crippen molar-refractivity contribution >= 4 is 5.91 Å². The van der Waals surface area contributed by atoms with Crippen molar-refractivity contribution in [1.29, 1.82) is 0 Å². The second-order valence-corrected chi connectivity index (χ2v) is 5.36. The molecule has 1 atom stereocenters. The number of amides is 1. The summed E-state index contributed by atoms with van der Waals surface area (Å²) in [6.07, 6.45) is 3.65. The fraction of sp³-hybridized carbons (Fsp3) is 0.643. The van der Waals surface area contributed by atoms with E-state index in [0.717, 1.165) is 32.5 Å². The van der Waals surface area contributed by atoms with E-state index in [2.05, 4.69) is 19.2 Å². The highest BCUT2D eigenvalue weighted by molar-refractivity contribution is 5.91. The molecule has 1 saturated heterocycles. The maximum absolute atomic E-state index is 12.2. The molecule has 1 amide bonds. The van der Waals surface area contributed by atoms with Crippen LogP contribution in [0.3, 0.4) is 0 Å². The molecule has 1 unspecified atom stereocenters. The van der Waals surface area contributed by atoms with E-state index in [1.165, 1.54) is 0 Å². The van der Waals surface area contributed by atoms with Gasteiger partial charge in [-0.3, -0.25) is 4.79 Å². The molecule has 0 bridgehead atoms. The van der Waals surface area contributed by atoms with Crippen molar-refractivity contribution in [3.05, 3.63) is 24.2 Å². The van der Waals surface area contributed by atoms with Crippen LogP contribution >= 0.6 is 0 Å². The van der Waals surface area contributed by atoms with Gasteiger partial charge in [-0.05, 0) is 37.4 Å². The minimum Gasteiger partial charge on any atom is -0.459 e. The molecule has 1 N–H and O–H groups in total. The summed E-state index contributed by atoms with van der Waals surface area (Å²) in [5, 5.41) is 3.52. The van der Waals surface area contributed by atoms with Crippen LogP contribution in [-0.2, 0) is 0 Å². The third kappa shape index (κ3) is 3.35. The molecule has 1 aromatic rings. The molecule has 0 aromatic carbocycles. The molecule has 1 aliphatic heterocycles. The predicted octanol–water partition coefficient (Wildman–Crippen LogP) is 2.13. The highest BCUT2D eigenvalue weighted by Gasteiger charge is 2.24. The van der Waals surface area contributed by atoms with Crippen molar-refractivity contribution in [3.8, 4) is 0 Å². The minimum atomic E-state index is 0.0115. The molecule has 1 aliphatic rings. The average Bonchev–Trinajstić information content (AvgIpc) is 2.75. The van der Waals surface area contributed by atoms with Crippen LogP contribution in [0.5, 0.6) is 0 Å². The second kappa shape index (κ2) is 6.05. The van der Waals surface area contributed by atoms with Crippen molar-refractivity contribution in [2.75, 3.05) is 19.6 Å². The Morgan fingerprint density at radius 3 is 3.11 bits per heavy atom. The third-order valence-electron chi connectivity index (χ3n) is 3.25. The number of hydrogen-bond acceptors (Lipinski definition) is 3. The molecule has 1 fully saturated rings. The SMILES string of the molecule is CC(C)CC1CN(C(=O)c2ccco2)CCCN1. The lowest BCUT2D eigenvalue weighted by Crippen LogP contribution is -2.41. The van der Waals surface area contributed by atoms with Gasteiger partial charge in [0, 0.05) is 19.1 Å². The van der Waals surface area contributed by atoms with Gasteiger partial charge in [0.15, 0.2) is 5.76 Å².